The Kier molecular flexibility index (Phi) is 9.72. The third-order valence-corrected chi connectivity index (χ3v) is 4.98. The SMILES string of the molecule is CCNC(=NCC(C)(CC)CO)NC1CCN(c2c(F)cccc2F)C1.I. The van der Waals surface area contributed by atoms with E-state index < -0.39 is 11.6 Å². The smallest absolute Gasteiger partial charge is 0.191 e. The van der Waals surface area contributed by atoms with Gasteiger partial charge in [0.15, 0.2) is 5.96 Å². The predicted octanol–water partition coefficient (Wildman–Crippen LogP) is 3.13. The average Bonchev–Trinajstić information content (AvgIpc) is 3.07. The Morgan fingerprint density at radius 2 is 2.00 bits per heavy atom. The lowest BCUT2D eigenvalue weighted by molar-refractivity contribution is 0.145. The Morgan fingerprint density at radius 1 is 1.33 bits per heavy atom. The maximum absolute atomic E-state index is 14.0. The molecule has 1 aliphatic rings. The van der Waals surface area contributed by atoms with Gasteiger partial charge in [0.05, 0.1) is 13.2 Å². The lowest BCUT2D eigenvalue weighted by atomic mass is 9.89. The summed E-state index contributed by atoms with van der Waals surface area (Å²) in [6.07, 6.45) is 1.60. The highest BCUT2D eigenvalue weighted by Gasteiger charge is 2.27. The Morgan fingerprint density at radius 3 is 2.56 bits per heavy atom. The molecule has 27 heavy (non-hydrogen) atoms. The lowest BCUT2D eigenvalue weighted by Gasteiger charge is -2.25. The molecule has 2 atom stereocenters. The number of aliphatic imine (C=N–C) groups is 1. The molecule has 0 saturated carbocycles. The van der Waals surface area contributed by atoms with Crippen LogP contribution >= 0.6 is 24.0 Å². The molecule has 0 spiro atoms. The standard InChI is InChI=1S/C19H30F2N4O.HI/c1-4-19(3,13-26)12-23-18(22-5-2)24-14-9-10-25(11-14)17-15(20)7-6-8-16(17)21;/h6-8,14,26H,4-5,9-13H2,1-3H3,(H2,22,23,24);1H. The molecular formula is C19H31F2IN4O. The molecule has 1 aliphatic heterocycles. The van der Waals surface area contributed by atoms with Gasteiger partial charge in [-0.1, -0.05) is 19.9 Å². The molecule has 0 bridgehead atoms. The van der Waals surface area contributed by atoms with Crippen molar-refractivity contribution in [2.75, 3.05) is 37.7 Å². The molecule has 0 aliphatic carbocycles. The summed E-state index contributed by atoms with van der Waals surface area (Å²) >= 11 is 0. The van der Waals surface area contributed by atoms with Crippen molar-refractivity contribution in [3.05, 3.63) is 29.8 Å². The monoisotopic (exact) mass is 496 g/mol. The quantitative estimate of drug-likeness (QED) is 0.309. The van der Waals surface area contributed by atoms with Crippen LogP contribution in [0, 0.1) is 17.0 Å². The van der Waals surface area contributed by atoms with Gasteiger partial charge in [-0.25, -0.2) is 8.78 Å². The second kappa shape index (κ2) is 11.0. The first-order valence-electron chi connectivity index (χ1n) is 9.27. The van der Waals surface area contributed by atoms with Gasteiger partial charge in [0, 0.05) is 31.1 Å². The first kappa shape index (κ1) is 23.9. The minimum absolute atomic E-state index is 0. The van der Waals surface area contributed by atoms with E-state index in [1.807, 2.05) is 20.8 Å². The van der Waals surface area contributed by atoms with Crippen molar-refractivity contribution >= 4 is 35.6 Å². The molecule has 1 heterocycles. The molecule has 0 amide bonds. The van der Waals surface area contributed by atoms with E-state index in [0.29, 0.717) is 32.1 Å². The van der Waals surface area contributed by atoms with E-state index in [0.717, 1.165) is 12.8 Å². The maximum atomic E-state index is 14.0. The van der Waals surface area contributed by atoms with Crippen molar-refractivity contribution in [3.8, 4) is 0 Å². The van der Waals surface area contributed by atoms with E-state index in [2.05, 4.69) is 15.6 Å². The molecule has 3 N–H and O–H groups in total. The van der Waals surface area contributed by atoms with Crippen molar-refractivity contribution in [1.29, 1.82) is 0 Å². The summed E-state index contributed by atoms with van der Waals surface area (Å²) in [5, 5.41) is 16.1. The number of nitrogens with one attached hydrogen (secondary N) is 2. The van der Waals surface area contributed by atoms with Crippen LogP contribution in [0.25, 0.3) is 0 Å². The van der Waals surface area contributed by atoms with Gasteiger partial charge in [-0.3, -0.25) is 4.99 Å². The Balaban J connectivity index is 0.00000364. The maximum Gasteiger partial charge on any atom is 0.191 e. The highest BCUT2D eigenvalue weighted by atomic mass is 127. The molecule has 5 nitrogen and oxygen atoms in total. The fourth-order valence-corrected chi connectivity index (χ4v) is 2.93. The second-order valence-electron chi connectivity index (χ2n) is 7.16. The van der Waals surface area contributed by atoms with Crippen LogP contribution in [0.1, 0.15) is 33.6 Å². The summed E-state index contributed by atoms with van der Waals surface area (Å²) in [7, 11) is 0. The van der Waals surface area contributed by atoms with Crippen LogP contribution < -0.4 is 15.5 Å². The first-order valence-corrected chi connectivity index (χ1v) is 9.27. The topological polar surface area (TPSA) is 59.9 Å². The summed E-state index contributed by atoms with van der Waals surface area (Å²) in [4.78, 5) is 6.32. The number of nitrogens with zero attached hydrogens (tertiary/aromatic N) is 2. The van der Waals surface area contributed by atoms with Gasteiger partial charge in [-0.05, 0) is 31.9 Å². The molecule has 1 aromatic rings. The normalized spacial score (nSPS) is 19.4. The van der Waals surface area contributed by atoms with Crippen LogP contribution in [0.5, 0.6) is 0 Å². The molecule has 1 aromatic carbocycles. The molecule has 0 aromatic heterocycles. The van der Waals surface area contributed by atoms with Crippen molar-refractivity contribution in [2.45, 2.75) is 39.7 Å². The summed E-state index contributed by atoms with van der Waals surface area (Å²) < 4.78 is 28.0. The summed E-state index contributed by atoms with van der Waals surface area (Å²) in [5.74, 6) is -0.401. The number of guanidine groups is 1. The zero-order valence-corrected chi connectivity index (χ0v) is 18.6. The van der Waals surface area contributed by atoms with E-state index in [1.54, 1.807) is 4.90 Å². The molecule has 2 unspecified atom stereocenters. The van der Waals surface area contributed by atoms with Crippen LogP contribution in [-0.4, -0.2) is 49.9 Å². The largest absolute Gasteiger partial charge is 0.396 e. The molecule has 1 fully saturated rings. The Labute approximate surface area is 177 Å². The molecule has 8 heteroatoms. The van der Waals surface area contributed by atoms with Gasteiger partial charge >= 0.3 is 0 Å². The van der Waals surface area contributed by atoms with E-state index in [1.165, 1.54) is 18.2 Å². The van der Waals surface area contributed by atoms with Crippen LogP contribution in [0.15, 0.2) is 23.2 Å². The van der Waals surface area contributed by atoms with Gasteiger partial charge in [-0.15, -0.1) is 24.0 Å². The van der Waals surface area contributed by atoms with Crippen molar-refractivity contribution in [3.63, 3.8) is 0 Å². The molecule has 2 rings (SSSR count). The van der Waals surface area contributed by atoms with Crippen molar-refractivity contribution in [2.24, 2.45) is 10.4 Å². The minimum Gasteiger partial charge on any atom is -0.396 e. The van der Waals surface area contributed by atoms with Crippen LogP contribution in [0.3, 0.4) is 0 Å². The number of hydrogen-bond donors (Lipinski definition) is 3. The zero-order valence-electron chi connectivity index (χ0n) is 16.3. The highest BCUT2D eigenvalue weighted by Crippen LogP contribution is 2.26. The van der Waals surface area contributed by atoms with E-state index in [-0.39, 0.29) is 47.7 Å². The fraction of sp³-hybridized carbons (Fsp3) is 0.632. The van der Waals surface area contributed by atoms with Gasteiger partial charge in [-0.2, -0.15) is 0 Å². The third kappa shape index (κ3) is 6.44. The van der Waals surface area contributed by atoms with Crippen molar-refractivity contribution in [1.82, 2.24) is 10.6 Å². The zero-order chi connectivity index (χ0) is 19.2. The third-order valence-electron chi connectivity index (χ3n) is 4.98. The Hall–Kier alpha value is -1.16. The van der Waals surface area contributed by atoms with Gasteiger partial charge in [0.25, 0.3) is 0 Å². The molecule has 1 saturated heterocycles. The number of aliphatic hydroxyl groups is 1. The van der Waals surface area contributed by atoms with E-state index in [4.69, 9.17) is 0 Å². The molecular weight excluding hydrogens is 465 g/mol. The molecule has 154 valence electrons. The van der Waals surface area contributed by atoms with Crippen LogP contribution in [-0.2, 0) is 0 Å². The molecule has 0 radical (unpaired) electrons. The van der Waals surface area contributed by atoms with Crippen molar-refractivity contribution < 1.29 is 13.9 Å². The van der Waals surface area contributed by atoms with Crippen LogP contribution in [0.4, 0.5) is 14.5 Å². The average molecular weight is 496 g/mol. The fourth-order valence-electron chi connectivity index (χ4n) is 2.93. The number of benzene rings is 1. The lowest BCUT2D eigenvalue weighted by Crippen LogP contribution is -2.45. The Bertz CT molecular complexity index is 605. The number of aliphatic hydroxyl groups excluding tert-OH is 1. The summed E-state index contributed by atoms with van der Waals surface area (Å²) in [6.45, 7) is 8.40. The highest BCUT2D eigenvalue weighted by molar-refractivity contribution is 14.0. The van der Waals surface area contributed by atoms with Gasteiger partial charge in [0.1, 0.15) is 17.3 Å². The minimum atomic E-state index is -0.534. The number of hydrogen-bond acceptors (Lipinski definition) is 3. The van der Waals surface area contributed by atoms with Gasteiger partial charge in [0.2, 0.25) is 0 Å². The first-order chi connectivity index (χ1) is 12.4. The number of halogens is 3. The van der Waals surface area contributed by atoms with Gasteiger partial charge < -0.3 is 20.6 Å². The summed E-state index contributed by atoms with van der Waals surface area (Å²) in [5.41, 5.74) is -0.210. The van der Waals surface area contributed by atoms with Crippen LogP contribution in [0.2, 0.25) is 0 Å². The van der Waals surface area contributed by atoms with E-state index in [9.17, 15) is 13.9 Å². The number of anilines is 1. The summed E-state index contributed by atoms with van der Waals surface area (Å²) in [6, 6.07) is 3.99. The number of rotatable bonds is 7. The second-order valence-corrected chi connectivity index (χ2v) is 7.16. The number of para-hydroxylation sites is 1. The van der Waals surface area contributed by atoms with E-state index >= 15 is 0 Å². The predicted molar refractivity (Wildman–Crippen MR) is 117 cm³/mol.